The fourth-order valence-electron chi connectivity index (χ4n) is 4.23. The standard InChI is InChI=1S/C22H22N2O3/c1-22(2)10-16-20(17(25)11-22)21(24-15-6-4-3-5-14(15)23-16)13-7-8-18-19(9-13)27-12-26-18/h3-9,21,23-24H,10-12H2,1-2H3/t21-/m0/s1. The Morgan fingerprint density at radius 1 is 1.00 bits per heavy atom. The molecule has 2 aromatic rings. The summed E-state index contributed by atoms with van der Waals surface area (Å²) in [4.78, 5) is 13.2. The molecule has 1 aliphatic carbocycles. The minimum absolute atomic E-state index is 0.0539. The van der Waals surface area contributed by atoms with E-state index < -0.39 is 0 Å². The number of hydrogen-bond donors (Lipinski definition) is 2. The highest BCUT2D eigenvalue weighted by molar-refractivity contribution is 6.01. The van der Waals surface area contributed by atoms with Crippen molar-refractivity contribution in [3.63, 3.8) is 0 Å². The molecule has 27 heavy (non-hydrogen) atoms. The van der Waals surface area contributed by atoms with E-state index in [1.807, 2.05) is 42.5 Å². The number of ether oxygens (including phenoxy) is 2. The van der Waals surface area contributed by atoms with Gasteiger partial charge in [0.05, 0.1) is 17.4 Å². The van der Waals surface area contributed by atoms with E-state index in [2.05, 4.69) is 24.5 Å². The fourth-order valence-corrected chi connectivity index (χ4v) is 4.23. The number of nitrogens with one attached hydrogen (secondary N) is 2. The Hall–Kier alpha value is -2.95. The Morgan fingerprint density at radius 3 is 2.63 bits per heavy atom. The van der Waals surface area contributed by atoms with Gasteiger partial charge in [-0.1, -0.05) is 32.0 Å². The van der Waals surface area contributed by atoms with E-state index in [0.29, 0.717) is 6.42 Å². The second-order valence-corrected chi connectivity index (χ2v) is 8.19. The zero-order valence-electron chi connectivity index (χ0n) is 15.5. The molecule has 0 aromatic heterocycles. The van der Waals surface area contributed by atoms with Gasteiger partial charge in [0.25, 0.3) is 0 Å². The third-order valence-electron chi connectivity index (χ3n) is 5.45. The minimum Gasteiger partial charge on any atom is -0.454 e. The maximum absolute atomic E-state index is 13.2. The van der Waals surface area contributed by atoms with Gasteiger partial charge >= 0.3 is 0 Å². The van der Waals surface area contributed by atoms with Crippen LogP contribution < -0.4 is 20.1 Å². The van der Waals surface area contributed by atoms with E-state index in [0.717, 1.165) is 46.1 Å². The number of fused-ring (bicyclic) bond motifs is 2. The highest BCUT2D eigenvalue weighted by Crippen LogP contribution is 2.46. The maximum atomic E-state index is 13.2. The van der Waals surface area contributed by atoms with Crippen molar-refractivity contribution >= 4 is 17.2 Å². The van der Waals surface area contributed by atoms with Crippen LogP contribution in [0.1, 0.15) is 38.3 Å². The molecule has 0 fully saturated rings. The highest BCUT2D eigenvalue weighted by Gasteiger charge is 2.38. The number of allylic oxidation sites excluding steroid dienone is 1. The van der Waals surface area contributed by atoms with E-state index in [1.165, 1.54) is 0 Å². The van der Waals surface area contributed by atoms with E-state index in [4.69, 9.17) is 9.47 Å². The lowest BCUT2D eigenvalue weighted by atomic mass is 9.73. The van der Waals surface area contributed by atoms with Crippen molar-refractivity contribution in [1.29, 1.82) is 0 Å². The van der Waals surface area contributed by atoms with Crippen LogP contribution in [0.25, 0.3) is 0 Å². The second kappa shape index (κ2) is 5.78. The van der Waals surface area contributed by atoms with E-state index in [-0.39, 0.29) is 24.0 Å². The normalized spacial score (nSPS) is 22.3. The van der Waals surface area contributed by atoms with Gasteiger partial charge in [-0.05, 0) is 41.7 Å². The van der Waals surface area contributed by atoms with Crippen molar-refractivity contribution in [3.05, 3.63) is 59.3 Å². The van der Waals surface area contributed by atoms with Crippen LogP contribution in [0.15, 0.2) is 53.7 Å². The average Bonchev–Trinajstić information content (AvgIpc) is 3.01. The van der Waals surface area contributed by atoms with Gasteiger partial charge in [0.15, 0.2) is 17.3 Å². The van der Waals surface area contributed by atoms with Gasteiger partial charge in [-0.2, -0.15) is 0 Å². The molecule has 2 heterocycles. The highest BCUT2D eigenvalue weighted by atomic mass is 16.7. The molecule has 0 radical (unpaired) electrons. The average molecular weight is 362 g/mol. The number of para-hydroxylation sites is 2. The number of ketones is 1. The van der Waals surface area contributed by atoms with Crippen LogP contribution in [-0.4, -0.2) is 12.6 Å². The largest absolute Gasteiger partial charge is 0.454 e. The third-order valence-corrected chi connectivity index (χ3v) is 5.45. The summed E-state index contributed by atoms with van der Waals surface area (Å²) in [5, 5.41) is 7.13. The summed E-state index contributed by atoms with van der Waals surface area (Å²) >= 11 is 0. The summed E-state index contributed by atoms with van der Waals surface area (Å²) in [6.07, 6.45) is 1.39. The van der Waals surface area contributed by atoms with Crippen molar-refractivity contribution in [2.24, 2.45) is 5.41 Å². The van der Waals surface area contributed by atoms with Gasteiger partial charge in [0.2, 0.25) is 6.79 Å². The van der Waals surface area contributed by atoms with Crippen LogP contribution in [0.3, 0.4) is 0 Å². The summed E-state index contributed by atoms with van der Waals surface area (Å²) in [5.74, 6) is 1.67. The van der Waals surface area contributed by atoms with Gasteiger partial charge in [0, 0.05) is 17.7 Å². The summed E-state index contributed by atoms with van der Waals surface area (Å²) < 4.78 is 11.0. The zero-order chi connectivity index (χ0) is 18.6. The number of Topliss-reactive ketones (excluding diaryl/α,β-unsaturated/α-hetero) is 1. The summed E-state index contributed by atoms with van der Waals surface area (Å²) in [5.41, 5.74) is 4.76. The Morgan fingerprint density at radius 2 is 1.78 bits per heavy atom. The Bertz CT molecular complexity index is 977. The fraction of sp³-hybridized carbons (Fsp3) is 0.318. The van der Waals surface area contributed by atoms with E-state index in [9.17, 15) is 4.79 Å². The molecule has 0 bridgehead atoms. The topological polar surface area (TPSA) is 59.6 Å². The predicted molar refractivity (Wildman–Crippen MR) is 104 cm³/mol. The van der Waals surface area contributed by atoms with Crippen molar-refractivity contribution < 1.29 is 14.3 Å². The number of rotatable bonds is 1. The monoisotopic (exact) mass is 362 g/mol. The molecule has 5 heteroatoms. The first kappa shape index (κ1) is 16.2. The first-order chi connectivity index (χ1) is 13.0. The first-order valence-corrected chi connectivity index (χ1v) is 9.29. The number of benzene rings is 2. The molecule has 2 aromatic carbocycles. The Labute approximate surface area is 158 Å². The van der Waals surface area contributed by atoms with E-state index in [1.54, 1.807) is 0 Å². The van der Waals surface area contributed by atoms with E-state index >= 15 is 0 Å². The van der Waals surface area contributed by atoms with Gasteiger partial charge in [-0.3, -0.25) is 4.79 Å². The van der Waals surface area contributed by atoms with Crippen LogP contribution in [-0.2, 0) is 4.79 Å². The van der Waals surface area contributed by atoms with Crippen LogP contribution >= 0.6 is 0 Å². The van der Waals surface area contributed by atoms with Gasteiger partial charge < -0.3 is 20.1 Å². The molecular formula is C22H22N2O3. The van der Waals surface area contributed by atoms with Crippen molar-refractivity contribution in [3.8, 4) is 11.5 Å². The smallest absolute Gasteiger partial charge is 0.231 e. The Kier molecular flexibility index (Phi) is 3.47. The molecular weight excluding hydrogens is 340 g/mol. The summed E-state index contributed by atoms with van der Waals surface area (Å²) in [6, 6.07) is 13.8. The summed E-state index contributed by atoms with van der Waals surface area (Å²) in [6.45, 7) is 4.54. The molecule has 0 unspecified atom stereocenters. The number of hydrogen-bond acceptors (Lipinski definition) is 5. The van der Waals surface area contributed by atoms with Crippen LogP contribution in [0.5, 0.6) is 11.5 Å². The maximum Gasteiger partial charge on any atom is 0.231 e. The lowest BCUT2D eigenvalue weighted by molar-refractivity contribution is -0.118. The van der Waals surface area contributed by atoms with Crippen LogP contribution in [0, 0.1) is 5.41 Å². The quantitative estimate of drug-likeness (QED) is 0.774. The molecule has 5 nitrogen and oxygen atoms in total. The Balaban J connectivity index is 1.67. The molecule has 3 aliphatic rings. The first-order valence-electron chi connectivity index (χ1n) is 9.29. The van der Waals surface area contributed by atoms with Crippen LogP contribution in [0.2, 0.25) is 0 Å². The zero-order valence-corrected chi connectivity index (χ0v) is 15.5. The predicted octanol–water partition coefficient (Wildman–Crippen LogP) is 4.64. The molecule has 2 N–H and O–H groups in total. The molecule has 1 atom stereocenters. The molecule has 5 rings (SSSR count). The molecule has 0 saturated heterocycles. The third kappa shape index (κ3) is 2.74. The molecule has 138 valence electrons. The van der Waals surface area contributed by atoms with Crippen molar-refractivity contribution in [2.45, 2.75) is 32.7 Å². The van der Waals surface area contributed by atoms with Gasteiger partial charge in [-0.25, -0.2) is 0 Å². The molecule has 0 spiro atoms. The SMILES string of the molecule is CC1(C)CC(=O)C2=C(C1)Nc1ccccc1N[C@H]2c1ccc2c(c1)OCO2. The molecule has 0 saturated carbocycles. The van der Waals surface area contributed by atoms with Gasteiger partial charge in [-0.15, -0.1) is 0 Å². The number of anilines is 2. The van der Waals surface area contributed by atoms with Crippen molar-refractivity contribution in [1.82, 2.24) is 0 Å². The van der Waals surface area contributed by atoms with Crippen LogP contribution in [0.4, 0.5) is 11.4 Å². The lowest BCUT2D eigenvalue weighted by Gasteiger charge is -2.34. The lowest BCUT2D eigenvalue weighted by Crippen LogP contribution is -2.31. The number of carbonyl (C=O) groups is 1. The summed E-state index contributed by atoms with van der Waals surface area (Å²) in [7, 11) is 0. The molecule has 0 amide bonds. The minimum atomic E-state index is -0.228. The van der Waals surface area contributed by atoms with Crippen molar-refractivity contribution in [2.75, 3.05) is 17.4 Å². The molecule has 2 aliphatic heterocycles. The number of carbonyl (C=O) groups excluding carboxylic acids is 1. The second-order valence-electron chi connectivity index (χ2n) is 8.19. The van der Waals surface area contributed by atoms with Gasteiger partial charge in [0.1, 0.15) is 0 Å².